The van der Waals surface area contributed by atoms with E-state index in [9.17, 15) is 22.8 Å². The van der Waals surface area contributed by atoms with E-state index in [1.807, 2.05) is 20.2 Å². The summed E-state index contributed by atoms with van der Waals surface area (Å²) < 4.78 is 41.9. The molecule has 2 aromatic carbocycles. The number of carbonyl (C=O) groups is 2. The molecule has 4 rings (SSSR count). The molecule has 2 heterocycles. The zero-order chi connectivity index (χ0) is 31.4. The number of nitrogens with one attached hydrogen (secondary N) is 1. The first-order chi connectivity index (χ1) is 20.3. The first-order valence-corrected chi connectivity index (χ1v) is 15.7. The third kappa shape index (κ3) is 7.16. The highest BCUT2D eigenvalue weighted by atomic mass is 35.5. The molecular formula is C32H42Cl2F3N4O2+. The molecule has 2 amide bonds. The summed E-state index contributed by atoms with van der Waals surface area (Å²) >= 11 is 12.7. The molecule has 1 N–H and O–H groups in total. The summed E-state index contributed by atoms with van der Waals surface area (Å²) in [5.41, 5.74) is -1.03. The molecule has 6 nitrogen and oxygen atoms in total. The second-order valence-corrected chi connectivity index (χ2v) is 13.1. The molecule has 1 unspecified atom stereocenters. The summed E-state index contributed by atoms with van der Waals surface area (Å²) in [7, 11) is 5.18. The number of carbonyl (C=O) groups excluding carboxylic acids is 2. The Hall–Kier alpha value is -2.33. The van der Waals surface area contributed by atoms with Gasteiger partial charge in [0.15, 0.2) is 5.54 Å². The molecule has 0 radical (unpaired) electrons. The van der Waals surface area contributed by atoms with Crippen LogP contribution in [0.15, 0.2) is 42.5 Å². The van der Waals surface area contributed by atoms with Gasteiger partial charge in [0.25, 0.3) is 11.8 Å². The number of likely N-dealkylation sites (N-methyl/N-ethyl adjacent to an activating group) is 2. The van der Waals surface area contributed by atoms with Crippen molar-refractivity contribution < 1.29 is 27.2 Å². The van der Waals surface area contributed by atoms with E-state index in [2.05, 4.69) is 5.32 Å². The Kier molecular flexibility index (Phi) is 10.7. The van der Waals surface area contributed by atoms with E-state index in [1.165, 1.54) is 30.1 Å². The van der Waals surface area contributed by atoms with Gasteiger partial charge in [0.1, 0.15) is 0 Å². The molecule has 0 aliphatic carbocycles. The Bertz CT molecular complexity index is 1290. The minimum atomic E-state index is -4.65. The molecular weight excluding hydrogens is 600 g/mol. The molecule has 2 saturated heterocycles. The maximum Gasteiger partial charge on any atom is 0.417 e. The number of nitrogens with zero attached hydrogens (tertiary/aromatic N) is 3. The normalized spacial score (nSPS) is 19.0. The van der Waals surface area contributed by atoms with Crippen LogP contribution in [-0.2, 0) is 11.0 Å². The average molecular weight is 643 g/mol. The number of amides is 2. The van der Waals surface area contributed by atoms with Gasteiger partial charge in [-0.25, -0.2) is 0 Å². The van der Waals surface area contributed by atoms with E-state index in [1.54, 1.807) is 17.0 Å². The molecule has 11 heteroatoms. The Morgan fingerprint density at radius 1 is 0.977 bits per heavy atom. The second-order valence-electron chi connectivity index (χ2n) is 12.2. The van der Waals surface area contributed by atoms with Crippen LogP contribution in [0.4, 0.5) is 13.2 Å². The number of halogens is 5. The molecule has 1 atom stereocenters. The summed E-state index contributed by atoms with van der Waals surface area (Å²) in [4.78, 5) is 30.5. The molecule has 0 aromatic heterocycles. The first-order valence-electron chi connectivity index (χ1n) is 15.0. The monoisotopic (exact) mass is 641 g/mol. The van der Waals surface area contributed by atoms with Crippen molar-refractivity contribution in [2.24, 2.45) is 0 Å². The highest BCUT2D eigenvalue weighted by Gasteiger charge is 2.57. The third-order valence-corrected chi connectivity index (χ3v) is 10.2. The molecule has 2 aliphatic rings. The van der Waals surface area contributed by atoms with Crippen LogP contribution in [0.25, 0.3) is 0 Å². The standard InChI is InChI=1S/C32H42Cl2F3N4O2/c1-39(2)30(43)31(14-16-38-17-15-31)41(18-7-4-8-19-41)20-13-24(23-11-12-27(33)28(34)21-23)22-40(3)29(42)25-9-5-6-10-26(25)32(35,36)37/h5-6,9-12,21,24,38H,4,7-8,13-20,22H2,1-3H3/q+1. The van der Waals surface area contributed by atoms with E-state index in [-0.39, 0.29) is 23.9 Å². The van der Waals surface area contributed by atoms with Crippen molar-refractivity contribution in [1.29, 1.82) is 0 Å². The first kappa shape index (κ1) is 33.6. The van der Waals surface area contributed by atoms with Crippen LogP contribution in [0, 0.1) is 0 Å². The van der Waals surface area contributed by atoms with Gasteiger partial charge in [-0.1, -0.05) is 41.4 Å². The van der Waals surface area contributed by atoms with Crippen molar-refractivity contribution in [3.63, 3.8) is 0 Å². The van der Waals surface area contributed by atoms with Gasteiger partial charge in [-0.3, -0.25) is 9.59 Å². The van der Waals surface area contributed by atoms with Crippen molar-refractivity contribution in [1.82, 2.24) is 15.1 Å². The minimum Gasteiger partial charge on any atom is -0.343 e. The summed E-state index contributed by atoms with van der Waals surface area (Å²) in [6, 6.07) is 10.2. The molecule has 2 aliphatic heterocycles. The van der Waals surface area contributed by atoms with Crippen molar-refractivity contribution in [2.75, 3.05) is 60.4 Å². The lowest BCUT2D eigenvalue weighted by atomic mass is 9.79. The van der Waals surface area contributed by atoms with Gasteiger partial charge in [-0.05, 0) is 49.1 Å². The lowest BCUT2D eigenvalue weighted by Crippen LogP contribution is -2.74. The smallest absolute Gasteiger partial charge is 0.343 e. The molecule has 0 spiro atoms. The summed E-state index contributed by atoms with van der Waals surface area (Å²) in [6.07, 6.45) is 0.633. The van der Waals surface area contributed by atoms with Crippen LogP contribution >= 0.6 is 23.2 Å². The lowest BCUT2D eigenvalue weighted by Gasteiger charge is -2.56. The zero-order valence-electron chi connectivity index (χ0n) is 25.2. The summed E-state index contributed by atoms with van der Waals surface area (Å²) in [5.74, 6) is -0.789. The van der Waals surface area contributed by atoms with Crippen molar-refractivity contribution in [3.05, 3.63) is 69.2 Å². The number of alkyl halides is 3. The number of piperidine rings is 2. The number of benzene rings is 2. The highest BCUT2D eigenvalue weighted by Crippen LogP contribution is 2.41. The summed E-state index contributed by atoms with van der Waals surface area (Å²) in [6.45, 7) is 4.20. The van der Waals surface area contributed by atoms with Crippen LogP contribution in [-0.4, -0.2) is 92.0 Å². The minimum absolute atomic E-state index is 0.151. The number of hydrogen-bond donors (Lipinski definition) is 1. The SMILES string of the molecule is CN(C)C(=O)C1([N+]2(CCC(CN(C)C(=O)c3ccccc3C(F)(F)F)c3ccc(Cl)c(Cl)c3)CCCCC2)CCNCC1. The number of quaternary nitrogens is 1. The number of rotatable bonds is 9. The van der Waals surface area contributed by atoms with Gasteiger partial charge < -0.3 is 19.6 Å². The van der Waals surface area contributed by atoms with E-state index in [0.717, 1.165) is 69.9 Å². The van der Waals surface area contributed by atoms with Gasteiger partial charge in [0, 0.05) is 66.0 Å². The van der Waals surface area contributed by atoms with Crippen molar-refractivity contribution >= 4 is 35.0 Å². The van der Waals surface area contributed by atoms with E-state index in [0.29, 0.717) is 27.5 Å². The second kappa shape index (κ2) is 13.8. The van der Waals surface area contributed by atoms with Crippen LogP contribution in [0.5, 0.6) is 0 Å². The highest BCUT2D eigenvalue weighted by molar-refractivity contribution is 6.42. The van der Waals surface area contributed by atoms with E-state index >= 15 is 0 Å². The fraction of sp³-hybridized carbons (Fsp3) is 0.562. The zero-order valence-corrected chi connectivity index (χ0v) is 26.7. The Morgan fingerprint density at radius 2 is 1.63 bits per heavy atom. The number of likely N-dealkylation sites (tertiary alicyclic amines) is 1. The predicted molar refractivity (Wildman–Crippen MR) is 164 cm³/mol. The third-order valence-electron chi connectivity index (χ3n) is 9.44. The van der Waals surface area contributed by atoms with Crippen molar-refractivity contribution in [2.45, 2.75) is 56.2 Å². The molecule has 2 aromatic rings. The van der Waals surface area contributed by atoms with Gasteiger partial charge >= 0.3 is 6.18 Å². The molecule has 43 heavy (non-hydrogen) atoms. The van der Waals surface area contributed by atoms with Crippen LogP contribution in [0.2, 0.25) is 10.0 Å². The Morgan fingerprint density at radius 3 is 2.23 bits per heavy atom. The Labute approximate surface area is 262 Å². The maximum atomic E-state index is 14.0. The fourth-order valence-electron chi connectivity index (χ4n) is 7.20. The van der Waals surface area contributed by atoms with Crippen LogP contribution in [0.3, 0.4) is 0 Å². The summed E-state index contributed by atoms with van der Waals surface area (Å²) in [5, 5.41) is 4.20. The Balaban J connectivity index is 1.68. The van der Waals surface area contributed by atoms with Gasteiger partial charge in [-0.2, -0.15) is 13.2 Å². The number of hydrogen-bond acceptors (Lipinski definition) is 3. The van der Waals surface area contributed by atoms with Gasteiger partial charge in [0.2, 0.25) is 0 Å². The predicted octanol–water partition coefficient (Wildman–Crippen LogP) is 6.47. The van der Waals surface area contributed by atoms with Gasteiger partial charge in [-0.15, -0.1) is 0 Å². The quantitative estimate of drug-likeness (QED) is 0.319. The molecule has 236 valence electrons. The van der Waals surface area contributed by atoms with E-state index < -0.39 is 23.2 Å². The van der Waals surface area contributed by atoms with Crippen LogP contribution in [0.1, 0.15) is 65.9 Å². The van der Waals surface area contributed by atoms with E-state index in [4.69, 9.17) is 23.2 Å². The average Bonchev–Trinajstić information content (AvgIpc) is 3.00. The van der Waals surface area contributed by atoms with Gasteiger partial charge in [0.05, 0.1) is 40.8 Å². The van der Waals surface area contributed by atoms with Crippen molar-refractivity contribution in [3.8, 4) is 0 Å². The topological polar surface area (TPSA) is 52.7 Å². The molecule has 2 fully saturated rings. The molecule has 0 saturated carbocycles. The lowest BCUT2D eigenvalue weighted by molar-refractivity contribution is -0.972. The fourth-order valence-corrected chi connectivity index (χ4v) is 7.51. The largest absolute Gasteiger partial charge is 0.417 e. The molecule has 0 bridgehead atoms. The van der Waals surface area contributed by atoms with Crippen LogP contribution < -0.4 is 5.32 Å². The maximum absolute atomic E-state index is 14.0.